The molecule has 19 heavy (non-hydrogen) atoms. The second kappa shape index (κ2) is 8.75. The van der Waals surface area contributed by atoms with Crippen molar-refractivity contribution in [1.82, 2.24) is 9.88 Å². The highest BCUT2D eigenvalue weighted by Crippen LogP contribution is 2.05. The minimum absolute atomic E-state index is 0.0109. The van der Waals surface area contributed by atoms with Crippen LogP contribution in [0.2, 0.25) is 0 Å². The summed E-state index contributed by atoms with van der Waals surface area (Å²) >= 11 is 0. The summed E-state index contributed by atoms with van der Waals surface area (Å²) in [5.74, 6) is 0.316. The summed E-state index contributed by atoms with van der Waals surface area (Å²) in [6, 6.07) is 3.93. The van der Waals surface area contributed by atoms with Gasteiger partial charge in [0, 0.05) is 25.4 Å². The van der Waals surface area contributed by atoms with Gasteiger partial charge in [0.15, 0.2) is 0 Å². The Morgan fingerprint density at radius 2 is 1.89 bits per heavy atom. The van der Waals surface area contributed by atoms with E-state index in [1.165, 1.54) is 0 Å². The molecule has 0 aromatic carbocycles. The number of carbonyl (C=O) groups excluding carboxylic acids is 1. The number of rotatable bonds is 9. The number of aliphatic hydroxyl groups excluding tert-OH is 1. The van der Waals surface area contributed by atoms with Crippen LogP contribution in [0.15, 0.2) is 24.5 Å². The Morgan fingerprint density at radius 3 is 2.47 bits per heavy atom. The summed E-state index contributed by atoms with van der Waals surface area (Å²) in [5, 5.41) is 12.0. The van der Waals surface area contributed by atoms with E-state index in [9.17, 15) is 4.79 Å². The number of hydrogen-bond donors (Lipinski definition) is 2. The van der Waals surface area contributed by atoms with E-state index >= 15 is 0 Å². The Kier molecular flexibility index (Phi) is 7.26. The maximum absolute atomic E-state index is 11.7. The van der Waals surface area contributed by atoms with E-state index < -0.39 is 0 Å². The number of aliphatic hydroxyl groups is 1. The number of carbonyl (C=O) groups is 1. The molecule has 1 heterocycles. The highest BCUT2D eigenvalue weighted by Gasteiger charge is 2.14. The first-order valence-electron chi connectivity index (χ1n) is 7.14. The van der Waals surface area contributed by atoms with Gasteiger partial charge in [-0.15, -0.1) is 0 Å². The minimum Gasteiger partial charge on any atom is -0.394 e. The zero-order chi connectivity index (χ0) is 14.1. The molecule has 0 saturated heterocycles. The first kappa shape index (κ1) is 15.8. The van der Waals surface area contributed by atoms with Gasteiger partial charge in [-0.2, -0.15) is 0 Å². The van der Waals surface area contributed by atoms with Crippen LogP contribution in [0.1, 0.15) is 39.5 Å². The predicted octanol–water partition coefficient (Wildman–Crippen LogP) is 2.18. The van der Waals surface area contributed by atoms with E-state index in [0.717, 1.165) is 25.8 Å². The van der Waals surface area contributed by atoms with Crippen molar-refractivity contribution in [3.05, 3.63) is 24.5 Å². The maximum Gasteiger partial charge on any atom is 0.220 e. The summed E-state index contributed by atoms with van der Waals surface area (Å²) < 4.78 is 2.15. The molecule has 0 aliphatic rings. The number of aryl methyl sites for hydroxylation is 1. The second-order valence-electron chi connectivity index (χ2n) is 5.33. The van der Waals surface area contributed by atoms with Crippen molar-refractivity contribution < 1.29 is 9.90 Å². The molecule has 1 amide bonds. The van der Waals surface area contributed by atoms with Crippen molar-refractivity contribution in [2.45, 2.75) is 52.1 Å². The third kappa shape index (κ3) is 6.43. The summed E-state index contributed by atoms with van der Waals surface area (Å²) in [6.45, 7) is 5.02. The average molecular weight is 266 g/mol. The van der Waals surface area contributed by atoms with Crippen molar-refractivity contribution in [2.75, 3.05) is 6.61 Å². The molecule has 0 unspecified atom stereocenters. The van der Waals surface area contributed by atoms with Gasteiger partial charge in [0.25, 0.3) is 0 Å². The largest absolute Gasteiger partial charge is 0.394 e. The van der Waals surface area contributed by atoms with Gasteiger partial charge < -0.3 is 15.0 Å². The van der Waals surface area contributed by atoms with E-state index in [0.29, 0.717) is 6.42 Å². The molecule has 1 rings (SSSR count). The molecule has 4 nitrogen and oxygen atoms in total. The zero-order valence-corrected chi connectivity index (χ0v) is 12.0. The van der Waals surface area contributed by atoms with E-state index in [2.05, 4.69) is 22.3 Å². The molecule has 0 bridgehead atoms. The van der Waals surface area contributed by atoms with Crippen LogP contribution in [-0.2, 0) is 11.3 Å². The van der Waals surface area contributed by atoms with Crippen LogP contribution < -0.4 is 5.32 Å². The minimum atomic E-state index is -0.118. The van der Waals surface area contributed by atoms with Crippen molar-refractivity contribution in [1.29, 1.82) is 0 Å². The van der Waals surface area contributed by atoms with Gasteiger partial charge in [0.05, 0.1) is 12.6 Å². The third-order valence-electron chi connectivity index (χ3n) is 3.33. The number of aromatic nitrogens is 1. The lowest BCUT2D eigenvalue weighted by atomic mass is 10.1. The molecule has 0 radical (unpaired) electrons. The molecule has 0 saturated carbocycles. The molecule has 4 heteroatoms. The van der Waals surface area contributed by atoms with Crippen molar-refractivity contribution in [2.24, 2.45) is 5.92 Å². The predicted molar refractivity (Wildman–Crippen MR) is 76.8 cm³/mol. The van der Waals surface area contributed by atoms with Gasteiger partial charge >= 0.3 is 0 Å². The van der Waals surface area contributed by atoms with Crippen molar-refractivity contribution in [3.8, 4) is 0 Å². The SMILES string of the molecule is CC(C)[C@@H](CO)NC(=O)CCCCCn1cccc1. The molecule has 0 fully saturated rings. The Morgan fingerprint density at radius 1 is 1.21 bits per heavy atom. The van der Waals surface area contributed by atoms with E-state index in [4.69, 9.17) is 5.11 Å². The lowest BCUT2D eigenvalue weighted by Crippen LogP contribution is -2.41. The lowest BCUT2D eigenvalue weighted by molar-refractivity contribution is -0.122. The first-order valence-corrected chi connectivity index (χ1v) is 7.14. The second-order valence-corrected chi connectivity index (χ2v) is 5.33. The molecular weight excluding hydrogens is 240 g/mol. The quantitative estimate of drug-likeness (QED) is 0.673. The topological polar surface area (TPSA) is 54.3 Å². The number of nitrogens with one attached hydrogen (secondary N) is 1. The molecule has 1 aromatic rings. The van der Waals surface area contributed by atoms with Crippen LogP contribution in [0, 0.1) is 5.92 Å². The Balaban J connectivity index is 2.07. The molecular formula is C15H26N2O2. The van der Waals surface area contributed by atoms with Crippen LogP contribution in [0.3, 0.4) is 0 Å². The van der Waals surface area contributed by atoms with E-state index in [1.807, 2.05) is 26.0 Å². The molecule has 0 spiro atoms. The molecule has 108 valence electrons. The van der Waals surface area contributed by atoms with Gasteiger partial charge in [-0.1, -0.05) is 20.3 Å². The molecule has 2 N–H and O–H groups in total. The Hall–Kier alpha value is -1.29. The fraction of sp³-hybridized carbons (Fsp3) is 0.667. The van der Waals surface area contributed by atoms with Crippen LogP contribution >= 0.6 is 0 Å². The van der Waals surface area contributed by atoms with Crippen LogP contribution in [0.5, 0.6) is 0 Å². The van der Waals surface area contributed by atoms with E-state index in [-0.39, 0.29) is 24.5 Å². The highest BCUT2D eigenvalue weighted by atomic mass is 16.3. The number of hydrogen-bond acceptors (Lipinski definition) is 2. The van der Waals surface area contributed by atoms with Crippen LogP contribution in [0.4, 0.5) is 0 Å². The van der Waals surface area contributed by atoms with Gasteiger partial charge in [-0.25, -0.2) is 0 Å². The summed E-state index contributed by atoms with van der Waals surface area (Å²) in [5.41, 5.74) is 0. The Labute approximate surface area is 115 Å². The van der Waals surface area contributed by atoms with Gasteiger partial charge in [-0.05, 0) is 30.9 Å². The highest BCUT2D eigenvalue weighted by molar-refractivity contribution is 5.76. The number of amides is 1. The number of unbranched alkanes of at least 4 members (excludes halogenated alkanes) is 2. The lowest BCUT2D eigenvalue weighted by Gasteiger charge is -2.19. The fourth-order valence-corrected chi connectivity index (χ4v) is 1.98. The monoisotopic (exact) mass is 266 g/mol. The van der Waals surface area contributed by atoms with Crippen LogP contribution in [-0.4, -0.2) is 28.2 Å². The zero-order valence-electron chi connectivity index (χ0n) is 12.0. The summed E-state index contributed by atoms with van der Waals surface area (Å²) in [6.07, 6.45) is 7.72. The average Bonchev–Trinajstić information content (AvgIpc) is 2.88. The molecule has 1 aromatic heterocycles. The van der Waals surface area contributed by atoms with Crippen molar-refractivity contribution >= 4 is 5.91 Å². The normalized spacial score (nSPS) is 12.6. The molecule has 1 atom stereocenters. The van der Waals surface area contributed by atoms with Gasteiger partial charge in [0.2, 0.25) is 5.91 Å². The smallest absolute Gasteiger partial charge is 0.220 e. The maximum atomic E-state index is 11.7. The van der Waals surface area contributed by atoms with Crippen LogP contribution in [0.25, 0.3) is 0 Å². The van der Waals surface area contributed by atoms with Crippen molar-refractivity contribution in [3.63, 3.8) is 0 Å². The first-order chi connectivity index (χ1) is 9.13. The Bertz CT molecular complexity index is 347. The number of nitrogens with zero attached hydrogens (tertiary/aromatic N) is 1. The summed E-state index contributed by atoms with van der Waals surface area (Å²) in [4.78, 5) is 11.7. The molecule has 0 aliphatic carbocycles. The van der Waals surface area contributed by atoms with E-state index in [1.54, 1.807) is 0 Å². The third-order valence-corrected chi connectivity index (χ3v) is 3.33. The van der Waals surface area contributed by atoms with Gasteiger partial charge in [0.1, 0.15) is 0 Å². The molecule has 0 aliphatic heterocycles. The van der Waals surface area contributed by atoms with Gasteiger partial charge in [-0.3, -0.25) is 4.79 Å². The fourth-order valence-electron chi connectivity index (χ4n) is 1.98. The standard InChI is InChI=1S/C15H26N2O2/c1-13(2)14(12-18)16-15(19)8-4-3-5-9-17-10-6-7-11-17/h6-7,10-11,13-14,18H,3-5,8-9,12H2,1-2H3,(H,16,19)/t14-/m1/s1. The summed E-state index contributed by atoms with van der Waals surface area (Å²) in [7, 11) is 0.